The third-order valence-corrected chi connectivity index (χ3v) is 7.64. The molecule has 0 atom stereocenters. The van der Waals surface area contributed by atoms with Gasteiger partial charge >= 0.3 is 5.97 Å². The van der Waals surface area contributed by atoms with Crippen LogP contribution < -0.4 is 0 Å². The molecule has 0 radical (unpaired) electrons. The molecule has 0 unspecified atom stereocenters. The molecule has 0 N–H and O–H groups in total. The number of ether oxygens (including phenoxy) is 1. The monoisotopic (exact) mass is 270 g/mol. The molecule has 1 fully saturated rings. The van der Waals surface area contributed by atoms with Crippen molar-refractivity contribution in [1.29, 1.82) is 0 Å². The van der Waals surface area contributed by atoms with Gasteiger partial charge in [-0.05, 0) is 51.5 Å². The summed E-state index contributed by atoms with van der Waals surface area (Å²) in [7, 11) is -1.01. The van der Waals surface area contributed by atoms with Crippen molar-refractivity contribution in [2.75, 3.05) is 0 Å². The summed E-state index contributed by atoms with van der Waals surface area (Å²) in [4.78, 5) is 12.0. The molecular weight excluding hydrogens is 240 g/mol. The smallest absolute Gasteiger partial charge is 0.311 e. The summed E-state index contributed by atoms with van der Waals surface area (Å²) in [5, 5.41) is 0. The van der Waals surface area contributed by atoms with Gasteiger partial charge < -0.3 is 4.74 Å². The van der Waals surface area contributed by atoms with Crippen molar-refractivity contribution in [3.8, 4) is 0 Å². The molecule has 0 aliphatic heterocycles. The van der Waals surface area contributed by atoms with Crippen molar-refractivity contribution in [2.24, 2.45) is 5.41 Å². The highest BCUT2D eigenvalue weighted by Gasteiger charge is 2.34. The van der Waals surface area contributed by atoms with Crippen molar-refractivity contribution in [1.82, 2.24) is 0 Å². The Morgan fingerprint density at radius 2 is 1.67 bits per heavy atom. The largest absolute Gasteiger partial charge is 0.462 e. The first-order valence-corrected chi connectivity index (χ1v) is 11.0. The van der Waals surface area contributed by atoms with Gasteiger partial charge in [0.05, 0.1) is 5.41 Å². The van der Waals surface area contributed by atoms with Crippen LogP contribution in [0.4, 0.5) is 0 Å². The predicted octanol–water partition coefficient (Wildman–Crippen LogP) is 4.62. The summed E-state index contributed by atoms with van der Waals surface area (Å²) in [5.41, 5.74) is 0.585. The van der Waals surface area contributed by atoms with Crippen LogP contribution in [0.1, 0.15) is 52.9 Å². The second-order valence-corrected chi connectivity index (χ2v) is 13.0. The maximum atomic E-state index is 12.0. The Hall–Kier alpha value is -0.313. The highest BCUT2D eigenvalue weighted by molar-refractivity contribution is 6.77. The fourth-order valence-corrected chi connectivity index (χ4v) is 4.57. The van der Waals surface area contributed by atoms with E-state index in [0.29, 0.717) is 0 Å². The van der Waals surface area contributed by atoms with E-state index in [4.69, 9.17) is 4.74 Å². The Balaban J connectivity index is 2.43. The molecule has 0 aromatic heterocycles. The molecule has 1 rings (SSSR count). The molecule has 0 saturated heterocycles. The normalized spacial score (nSPS) is 25.9. The molecule has 0 spiro atoms. The van der Waals surface area contributed by atoms with Crippen molar-refractivity contribution >= 4 is 14.0 Å². The van der Waals surface area contributed by atoms with Crippen LogP contribution in [0.5, 0.6) is 0 Å². The van der Waals surface area contributed by atoms with E-state index in [1.807, 2.05) is 20.8 Å². The summed E-state index contributed by atoms with van der Waals surface area (Å²) >= 11 is 0. The van der Waals surface area contributed by atoms with Crippen LogP contribution in [0.2, 0.25) is 25.2 Å². The average Bonchev–Trinajstić information content (AvgIpc) is 2.28. The summed E-state index contributed by atoms with van der Waals surface area (Å²) in [5.74, 6) is -0.0125. The molecule has 0 aromatic rings. The number of esters is 1. The second kappa shape index (κ2) is 5.77. The highest BCUT2D eigenvalue weighted by atomic mass is 28.3. The van der Waals surface area contributed by atoms with Crippen molar-refractivity contribution in [3.63, 3.8) is 0 Å². The van der Waals surface area contributed by atoms with Gasteiger partial charge in [0.25, 0.3) is 0 Å². The molecule has 0 aromatic carbocycles. The fraction of sp³-hybridized carbons (Fsp3) is 0.933. The third kappa shape index (κ3) is 4.11. The molecule has 0 heterocycles. The van der Waals surface area contributed by atoms with E-state index in [2.05, 4.69) is 19.6 Å². The van der Waals surface area contributed by atoms with Crippen LogP contribution >= 0.6 is 0 Å². The number of rotatable bonds is 4. The molecule has 3 heteroatoms. The first kappa shape index (κ1) is 15.7. The Labute approximate surface area is 113 Å². The van der Waals surface area contributed by atoms with Gasteiger partial charge in [-0.1, -0.05) is 26.6 Å². The summed E-state index contributed by atoms with van der Waals surface area (Å²) in [6.45, 7) is 13.3. The zero-order valence-electron chi connectivity index (χ0n) is 13.0. The van der Waals surface area contributed by atoms with Crippen LogP contribution in [0.15, 0.2) is 0 Å². The molecule has 0 amide bonds. The van der Waals surface area contributed by atoms with Crippen molar-refractivity contribution in [3.05, 3.63) is 0 Å². The number of carbonyl (C=O) groups is 1. The molecule has 18 heavy (non-hydrogen) atoms. The van der Waals surface area contributed by atoms with Crippen molar-refractivity contribution < 1.29 is 9.53 Å². The SMILES string of the molecule is CCC(C)(C)C(=O)OC1CCC([Si](C)(C)C)CC1. The number of carbonyl (C=O) groups excluding carboxylic acids is 1. The van der Waals surface area contributed by atoms with Crippen LogP contribution in [-0.4, -0.2) is 20.1 Å². The van der Waals surface area contributed by atoms with Crippen molar-refractivity contribution in [2.45, 2.75) is 84.2 Å². The van der Waals surface area contributed by atoms with Gasteiger partial charge in [0.2, 0.25) is 0 Å². The third-order valence-electron chi connectivity index (χ3n) is 4.61. The second-order valence-electron chi connectivity index (χ2n) is 7.48. The lowest BCUT2D eigenvalue weighted by atomic mass is 9.90. The maximum absolute atomic E-state index is 12.0. The first-order chi connectivity index (χ1) is 8.16. The van der Waals surface area contributed by atoms with E-state index < -0.39 is 8.07 Å². The lowest BCUT2D eigenvalue weighted by molar-refractivity contribution is -0.161. The van der Waals surface area contributed by atoms with E-state index in [1.165, 1.54) is 12.8 Å². The molecule has 2 nitrogen and oxygen atoms in total. The molecule has 1 saturated carbocycles. The van der Waals surface area contributed by atoms with E-state index in [1.54, 1.807) is 0 Å². The Kier molecular flexibility index (Phi) is 5.04. The highest BCUT2D eigenvalue weighted by Crippen LogP contribution is 2.38. The van der Waals surface area contributed by atoms with Gasteiger partial charge in [-0.3, -0.25) is 4.79 Å². The van der Waals surface area contributed by atoms with E-state index in [-0.39, 0.29) is 17.5 Å². The lowest BCUT2D eigenvalue weighted by Gasteiger charge is -2.36. The molecule has 1 aliphatic rings. The molecule has 1 aliphatic carbocycles. The quantitative estimate of drug-likeness (QED) is 0.550. The first-order valence-electron chi connectivity index (χ1n) is 7.38. The van der Waals surface area contributed by atoms with Gasteiger partial charge in [-0.25, -0.2) is 0 Å². The number of hydrogen-bond acceptors (Lipinski definition) is 2. The zero-order valence-corrected chi connectivity index (χ0v) is 14.0. The summed E-state index contributed by atoms with van der Waals surface area (Å²) in [6.07, 6.45) is 5.66. The van der Waals surface area contributed by atoms with Crippen LogP contribution in [-0.2, 0) is 9.53 Å². The minimum Gasteiger partial charge on any atom is -0.462 e. The number of hydrogen-bond donors (Lipinski definition) is 0. The van der Waals surface area contributed by atoms with Crippen LogP contribution in [0.3, 0.4) is 0 Å². The average molecular weight is 270 g/mol. The standard InChI is InChI=1S/C15H30O2Si/c1-7-15(2,3)14(16)17-12-8-10-13(11-9-12)18(4,5)6/h12-13H,7-11H2,1-6H3. The van der Waals surface area contributed by atoms with E-state index in [0.717, 1.165) is 24.8 Å². The van der Waals surface area contributed by atoms with Gasteiger partial charge in [-0.15, -0.1) is 0 Å². The molecule has 106 valence electrons. The Morgan fingerprint density at radius 1 is 1.17 bits per heavy atom. The summed E-state index contributed by atoms with van der Waals surface area (Å²) in [6, 6.07) is 0. The lowest BCUT2D eigenvalue weighted by Crippen LogP contribution is -2.36. The predicted molar refractivity (Wildman–Crippen MR) is 79.5 cm³/mol. The maximum Gasteiger partial charge on any atom is 0.311 e. The van der Waals surface area contributed by atoms with Crippen LogP contribution in [0, 0.1) is 5.41 Å². The Morgan fingerprint density at radius 3 is 2.06 bits per heavy atom. The topological polar surface area (TPSA) is 26.3 Å². The van der Waals surface area contributed by atoms with Gasteiger partial charge in [0.15, 0.2) is 0 Å². The fourth-order valence-electron chi connectivity index (χ4n) is 2.50. The molecular formula is C15H30O2Si. The van der Waals surface area contributed by atoms with Crippen LogP contribution in [0.25, 0.3) is 0 Å². The minimum atomic E-state index is -1.01. The summed E-state index contributed by atoms with van der Waals surface area (Å²) < 4.78 is 5.68. The zero-order chi connectivity index (χ0) is 14.0. The van der Waals surface area contributed by atoms with E-state index in [9.17, 15) is 4.79 Å². The van der Waals surface area contributed by atoms with E-state index >= 15 is 0 Å². The van der Waals surface area contributed by atoms with Gasteiger partial charge in [0.1, 0.15) is 6.10 Å². The van der Waals surface area contributed by atoms with Gasteiger partial charge in [0, 0.05) is 8.07 Å². The minimum absolute atomic E-state index is 0.0125. The van der Waals surface area contributed by atoms with Gasteiger partial charge in [-0.2, -0.15) is 0 Å². The molecule has 0 bridgehead atoms. The Bertz CT molecular complexity index is 283.